The number of rotatable bonds is 10. The topological polar surface area (TPSA) is 55.7 Å². The summed E-state index contributed by atoms with van der Waals surface area (Å²) in [6.07, 6.45) is 8.84. The molecule has 0 fully saturated rings. The second kappa shape index (κ2) is 10.1. The van der Waals surface area contributed by atoms with E-state index in [9.17, 15) is 10.2 Å². The van der Waals surface area contributed by atoms with E-state index in [-0.39, 0.29) is 11.5 Å². The lowest BCUT2D eigenvalue weighted by atomic mass is 9.87. The summed E-state index contributed by atoms with van der Waals surface area (Å²) in [7, 11) is 0. The molecule has 27 heavy (non-hydrogen) atoms. The number of nitrogens with one attached hydrogen (secondary N) is 1. The molecule has 0 saturated heterocycles. The molecular formula is C22H32N2O2S. The number of benzene rings is 1. The molecule has 2 aromatic rings. The van der Waals surface area contributed by atoms with Crippen molar-refractivity contribution in [2.75, 3.05) is 13.1 Å². The molecule has 4 nitrogen and oxygen atoms in total. The van der Waals surface area contributed by atoms with Gasteiger partial charge in [-0.2, -0.15) is 0 Å². The van der Waals surface area contributed by atoms with Crippen LogP contribution in [-0.2, 0) is 19.3 Å². The summed E-state index contributed by atoms with van der Waals surface area (Å²) < 4.78 is 0. The maximum absolute atomic E-state index is 10.1. The van der Waals surface area contributed by atoms with Gasteiger partial charge in [0.15, 0.2) is 11.5 Å². The minimum absolute atomic E-state index is 0.00213. The molecule has 1 aromatic heterocycles. The molecule has 5 heteroatoms. The van der Waals surface area contributed by atoms with E-state index < -0.39 is 0 Å². The monoisotopic (exact) mass is 388 g/mol. The molecule has 1 atom stereocenters. The minimum Gasteiger partial charge on any atom is -0.504 e. The van der Waals surface area contributed by atoms with Crippen molar-refractivity contribution in [3.8, 4) is 11.5 Å². The van der Waals surface area contributed by atoms with Crippen molar-refractivity contribution in [3.63, 3.8) is 0 Å². The zero-order chi connectivity index (χ0) is 19.1. The molecule has 3 rings (SSSR count). The van der Waals surface area contributed by atoms with Gasteiger partial charge >= 0.3 is 0 Å². The summed E-state index contributed by atoms with van der Waals surface area (Å²) >= 11 is 1.82. The zero-order valence-electron chi connectivity index (χ0n) is 16.3. The van der Waals surface area contributed by atoms with Gasteiger partial charge in [0, 0.05) is 29.6 Å². The third-order valence-electron chi connectivity index (χ3n) is 5.50. The number of phenols is 2. The third-order valence-corrected chi connectivity index (χ3v) is 6.44. The number of hydrogen-bond acceptors (Lipinski definition) is 5. The Kier molecular flexibility index (Phi) is 7.56. The molecule has 0 bridgehead atoms. The van der Waals surface area contributed by atoms with E-state index in [2.05, 4.69) is 34.9 Å². The Balaban J connectivity index is 1.61. The van der Waals surface area contributed by atoms with Gasteiger partial charge in [-0.25, -0.2) is 5.01 Å². The van der Waals surface area contributed by atoms with E-state index in [1.54, 1.807) is 6.07 Å². The standard InChI is InChI=1S/C22H32N2O2S/c1-2-3-4-5-14-24(23-13-12-19-7-6-15-27-19)18-9-10-20-17(16-18)8-11-21(25)22(20)26/h6-8,11,15,18,23,25-26H,2-5,9-10,12-14,16H2,1H3. The molecule has 1 heterocycles. The number of nitrogens with zero attached hydrogens (tertiary/aromatic N) is 1. The van der Waals surface area contributed by atoms with Crippen molar-refractivity contribution >= 4 is 11.3 Å². The van der Waals surface area contributed by atoms with E-state index in [0.717, 1.165) is 44.3 Å². The Hall–Kier alpha value is -1.56. The Morgan fingerprint density at radius 1 is 1.19 bits per heavy atom. The van der Waals surface area contributed by atoms with Crippen molar-refractivity contribution in [1.29, 1.82) is 0 Å². The van der Waals surface area contributed by atoms with E-state index in [1.807, 2.05) is 17.4 Å². The molecule has 0 aliphatic heterocycles. The molecular weight excluding hydrogens is 356 g/mol. The Morgan fingerprint density at radius 3 is 2.85 bits per heavy atom. The molecule has 1 unspecified atom stereocenters. The number of fused-ring (bicyclic) bond motifs is 1. The third kappa shape index (κ3) is 5.47. The smallest absolute Gasteiger partial charge is 0.160 e. The van der Waals surface area contributed by atoms with Gasteiger partial charge in [0.1, 0.15) is 0 Å². The highest BCUT2D eigenvalue weighted by molar-refractivity contribution is 7.09. The minimum atomic E-state index is -0.00213. The molecule has 3 N–H and O–H groups in total. The molecule has 0 spiro atoms. The first-order valence-corrected chi connectivity index (χ1v) is 11.1. The van der Waals surface area contributed by atoms with Crippen molar-refractivity contribution in [2.24, 2.45) is 0 Å². The second-order valence-corrected chi connectivity index (χ2v) is 8.49. The zero-order valence-corrected chi connectivity index (χ0v) is 17.1. The van der Waals surface area contributed by atoms with Crippen molar-refractivity contribution in [2.45, 2.75) is 64.3 Å². The first-order valence-electron chi connectivity index (χ1n) is 10.2. The SMILES string of the molecule is CCCCCCN(NCCc1cccs1)C1CCc2c(ccc(O)c2O)C1. The number of unbranched alkanes of at least 4 members (excludes halogenated alkanes) is 3. The summed E-state index contributed by atoms with van der Waals surface area (Å²) in [5.41, 5.74) is 5.78. The maximum atomic E-state index is 10.1. The Morgan fingerprint density at radius 2 is 2.07 bits per heavy atom. The first-order chi connectivity index (χ1) is 13.2. The summed E-state index contributed by atoms with van der Waals surface area (Å²) in [5.74, 6) is 0.0730. The fraction of sp³-hybridized carbons (Fsp3) is 0.545. The number of aromatic hydroxyl groups is 2. The highest BCUT2D eigenvalue weighted by atomic mass is 32.1. The lowest BCUT2D eigenvalue weighted by molar-refractivity contribution is 0.109. The van der Waals surface area contributed by atoms with Crippen LogP contribution in [0.1, 0.15) is 55.0 Å². The Labute approximate surface area is 166 Å². The average molecular weight is 389 g/mol. The fourth-order valence-electron chi connectivity index (χ4n) is 3.95. The van der Waals surface area contributed by atoms with Gasteiger partial charge in [-0.3, -0.25) is 5.43 Å². The molecule has 1 aromatic carbocycles. The van der Waals surface area contributed by atoms with E-state index in [1.165, 1.54) is 36.1 Å². The Bertz CT molecular complexity index is 703. The summed E-state index contributed by atoms with van der Waals surface area (Å²) in [4.78, 5) is 1.42. The number of phenolic OH excluding ortho intramolecular Hbond substituents is 2. The molecule has 0 saturated carbocycles. The fourth-order valence-corrected chi connectivity index (χ4v) is 4.65. The van der Waals surface area contributed by atoms with Crippen LogP contribution in [0, 0.1) is 0 Å². The van der Waals surface area contributed by atoms with Crippen LogP contribution in [0.15, 0.2) is 29.6 Å². The molecule has 148 valence electrons. The van der Waals surface area contributed by atoms with Gasteiger partial charge in [0.05, 0.1) is 0 Å². The molecule has 1 aliphatic carbocycles. The van der Waals surface area contributed by atoms with Crippen LogP contribution >= 0.6 is 11.3 Å². The van der Waals surface area contributed by atoms with Crippen LogP contribution in [0.5, 0.6) is 11.5 Å². The lowest BCUT2D eigenvalue weighted by Gasteiger charge is -2.36. The average Bonchev–Trinajstić information content (AvgIpc) is 3.20. The number of hydrazine groups is 1. The van der Waals surface area contributed by atoms with Gasteiger partial charge in [-0.1, -0.05) is 38.3 Å². The first kappa shape index (κ1) is 20.2. The number of thiophene rings is 1. The van der Waals surface area contributed by atoms with Crippen LogP contribution in [0.4, 0.5) is 0 Å². The largest absolute Gasteiger partial charge is 0.504 e. The normalized spacial score (nSPS) is 16.6. The van der Waals surface area contributed by atoms with Gasteiger partial charge in [0.2, 0.25) is 0 Å². The van der Waals surface area contributed by atoms with E-state index in [0.29, 0.717) is 6.04 Å². The second-order valence-electron chi connectivity index (χ2n) is 7.46. The van der Waals surface area contributed by atoms with Gasteiger partial charge in [0.25, 0.3) is 0 Å². The number of hydrogen-bond donors (Lipinski definition) is 3. The van der Waals surface area contributed by atoms with Crippen LogP contribution in [0.25, 0.3) is 0 Å². The highest BCUT2D eigenvalue weighted by Crippen LogP contribution is 2.36. The molecule has 0 amide bonds. The van der Waals surface area contributed by atoms with E-state index >= 15 is 0 Å². The van der Waals surface area contributed by atoms with E-state index in [4.69, 9.17) is 0 Å². The van der Waals surface area contributed by atoms with Crippen LogP contribution in [-0.4, -0.2) is 34.4 Å². The maximum Gasteiger partial charge on any atom is 0.160 e. The van der Waals surface area contributed by atoms with Gasteiger partial charge < -0.3 is 10.2 Å². The molecule has 0 radical (unpaired) electrons. The highest BCUT2D eigenvalue weighted by Gasteiger charge is 2.26. The van der Waals surface area contributed by atoms with Crippen LogP contribution in [0.2, 0.25) is 0 Å². The van der Waals surface area contributed by atoms with Crippen LogP contribution in [0.3, 0.4) is 0 Å². The van der Waals surface area contributed by atoms with Crippen molar-refractivity contribution in [3.05, 3.63) is 45.6 Å². The predicted octanol–water partition coefficient (Wildman–Crippen LogP) is 4.65. The summed E-state index contributed by atoms with van der Waals surface area (Å²) in [6, 6.07) is 8.34. The van der Waals surface area contributed by atoms with Gasteiger partial charge in [-0.05, 0) is 55.2 Å². The summed E-state index contributed by atoms with van der Waals surface area (Å²) in [6.45, 7) is 4.27. The summed E-state index contributed by atoms with van der Waals surface area (Å²) in [5, 5.41) is 24.5. The predicted molar refractivity (Wildman–Crippen MR) is 112 cm³/mol. The quantitative estimate of drug-likeness (QED) is 0.315. The van der Waals surface area contributed by atoms with Gasteiger partial charge in [-0.15, -0.1) is 11.3 Å². The van der Waals surface area contributed by atoms with Crippen molar-refractivity contribution < 1.29 is 10.2 Å². The van der Waals surface area contributed by atoms with Crippen LogP contribution < -0.4 is 5.43 Å². The lowest BCUT2D eigenvalue weighted by Crippen LogP contribution is -2.49. The molecule has 1 aliphatic rings. The van der Waals surface area contributed by atoms with Crippen molar-refractivity contribution in [1.82, 2.24) is 10.4 Å².